The minimum Gasteiger partial charge on any atom is -0.478 e. The van der Waals surface area contributed by atoms with E-state index in [1.165, 1.54) is 13.1 Å². The van der Waals surface area contributed by atoms with Crippen LogP contribution in [-0.2, 0) is 13.2 Å². The second-order valence-electron chi connectivity index (χ2n) is 10.5. The summed E-state index contributed by atoms with van der Waals surface area (Å²) in [6.45, 7) is 6.36. The summed E-state index contributed by atoms with van der Waals surface area (Å²) in [5, 5.41) is 11.0. The van der Waals surface area contributed by atoms with Crippen molar-refractivity contribution < 1.29 is 36.2 Å². The van der Waals surface area contributed by atoms with Gasteiger partial charge in [0.15, 0.2) is 6.04 Å². The highest BCUT2D eigenvalue weighted by Gasteiger charge is 2.44. The number of hydrogen-bond acceptors (Lipinski definition) is 5. The Morgan fingerprint density at radius 1 is 1.13 bits per heavy atom. The van der Waals surface area contributed by atoms with Gasteiger partial charge in [0.2, 0.25) is 5.95 Å². The fraction of sp³-hybridized carbons (Fsp3) is 0.423. The van der Waals surface area contributed by atoms with E-state index in [1.807, 2.05) is 13.8 Å². The molecular weight excluding hydrogens is 530 g/mol. The van der Waals surface area contributed by atoms with Gasteiger partial charge in [-0.25, -0.2) is 9.78 Å². The molecule has 0 amide bonds. The molecule has 13 heteroatoms. The Morgan fingerprint density at radius 2 is 1.79 bits per heavy atom. The van der Waals surface area contributed by atoms with E-state index < -0.39 is 63.2 Å². The first-order valence-corrected chi connectivity index (χ1v) is 11.9. The molecule has 0 saturated carbocycles. The summed E-state index contributed by atoms with van der Waals surface area (Å²) in [5.41, 5.74) is -4.56. The number of rotatable bonds is 5. The van der Waals surface area contributed by atoms with Crippen molar-refractivity contribution in [3.05, 3.63) is 62.9 Å². The first-order valence-electron chi connectivity index (χ1n) is 11.9. The van der Waals surface area contributed by atoms with Crippen molar-refractivity contribution >= 4 is 28.5 Å². The molecule has 0 aliphatic carbocycles. The molecule has 1 aliphatic rings. The highest BCUT2D eigenvalue weighted by molar-refractivity contribution is 5.94. The minimum atomic E-state index is -5.20. The summed E-state index contributed by atoms with van der Waals surface area (Å²) in [6.07, 6.45) is -9.56. The topological polar surface area (TPSA) is 87.5 Å². The molecule has 1 unspecified atom stereocenters. The molecule has 39 heavy (non-hydrogen) atoms. The van der Waals surface area contributed by atoms with E-state index in [0.717, 1.165) is 16.7 Å². The predicted molar refractivity (Wildman–Crippen MR) is 133 cm³/mol. The lowest BCUT2D eigenvalue weighted by Crippen LogP contribution is -2.33. The Hall–Kier alpha value is -3.77. The lowest BCUT2D eigenvalue weighted by Gasteiger charge is -2.27. The van der Waals surface area contributed by atoms with Gasteiger partial charge in [0.25, 0.3) is 5.56 Å². The van der Waals surface area contributed by atoms with Crippen LogP contribution in [0.3, 0.4) is 0 Å². The molecule has 0 radical (unpaired) electrons. The summed E-state index contributed by atoms with van der Waals surface area (Å²) >= 11 is 0. The summed E-state index contributed by atoms with van der Waals surface area (Å²) < 4.78 is 86.1. The predicted octanol–water partition coefficient (Wildman–Crippen LogP) is 5.91. The number of nitrogens with zero attached hydrogens (tertiary/aromatic N) is 3. The first-order chi connectivity index (χ1) is 17.9. The summed E-state index contributed by atoms with van der Waals surface area (Å²) in [7, 11) is 1.31. The van der Waals surface area contributed by atoms with Crippen LogP contribution in [0, 0.1) is 12.3 Å². The number of anilines is 2. The first kappa shape index (κ1) is 28.2. The second-order valence-corrected chi connectivity index (χ2v) is 10.5. The van der Waals surface area contributed by atoms with E-state index >= 15 is 0 Å². The van der Waals surface area contributed by atoms with E-state index in [-0.39, 0.29) is 11.4 Å². The maximum atomic E-state index is 14.5. The maximum absolute atomic E-state index is 14.5. The third-order valence-electron chi connectivity index (χ3n) is 6.82. The maximum Gasteiger partial charge on any atom is 0.416 e. The number of carboxylic acids is 1. The van der Waals surface area contributed by atoms with Gasteiger partial charge in [-0.05, 0) is 43.0 Å². The van der Waals surface area contributed by atoms with E-state index in [4.69, 9.17) is 0 Å². The van der Waals surface area contributed by atoms with Crippen LogP contribution in [-0.4, -0.2) is 39.9 Å². The van der Waals surface area contributed by atoms with Crippen LogP contribution in [0.4, 0.5) is 38.0 Å². The lowest BCUT2D eigenvalue weighted by molar-refractivity contribution is -0.145. The number of carbonyl (C=O) groups is 1. The standard InChI is InChI=1S/C26H26F6N4O3/c1-13-5-6-18(15(9-13)22(38)39)33-20(26(30,31)32)16-10-14(25(27,28)29)11-17-19(16)34-23(35(4)21(17)37)36-8-7-24(2,3)12-36/h5-6,9-11,20,33H,7-8,12H2,1-4H3,(H,38,39). The Kier molecular flexibility index (Phi) is 6.85. The summed E-state index contributed by atoms with van der Waals surface area (Å²) in [5.74, 6) is -1.50. The third-order valence-corrected chi connectivity index (χ3v) is 6.82. The number of carboxylic acid groups (broad SMARTS) is 1. The Morgan fingerprint density at radius 3 is 2.33 bits per heavy atom. The van der Waals surface area contributed by atoms with Gasteiger partial charge < -0.3 is 15.3 Å². The molecule has 1 aromatic heterocycles. The van der Waals surface area contributed by atoms with Gasteiger partial charge in [0, 0.05) is 31.4 Å². The minimum absolute atomic E-state index is 0.0292. The molecule has 1 aliphatic heterocycles. The van der Waals surface area contributed by atoms with Crippen LogP contribution in [0.2, 0.25) is 0 Å². The molecule has 4 rings (SSSR count). The van der Waals surface area contributed by atoms with Gasteiger partial charge in [0.05, 0.1) is 22.0 Å². The van der Waals surface area contributed by atoms with Crippen molar-refractivity contribution in [3.8, 4) is 0 Å². The zero-order chi connectivity index (χ0) is 29.1. The van der Waals surface area contributed by atoms with Crippen LogP contribution in [0.5, 0.6) is 0 Å². The molecule has 1 atom stereocenters. The van der Waals surface area contributed by atoms with Gasteiger partial charge >= 0.3 is 18.3 Å². The van der Waals surface area contributed by atoms with Crippen LogP contribution in [0.1, 0.15) is 53.4 Å². The summed E-state index contributed by atoms with van der Waals surface area (Å²) in [4.78, 5) is 31.0. The SMILES string of the molecule is Cc1ccc(NC(c2cc(C(F)(F)F)cc3c(=O)n(C)c(N4CCC(C)(C)C4)nc23)C(F)(F)F)c(C(=O)O)c1. The quantitative estimate of drug-likeness (QED) is 0.380. The van der Waals surface area contributed by atoms with E-state index in [9.17, 15) is 41.0 Å². The molecule has 0 bridgehead atoms. The molecule has 1 fully saturated rings. The largest absolute Gasteiger partial charge is 0.478 e. The molecule has 7 nitrogen and oxygen atoms in total. The zero-order valence-electron chi connectivity index (χ0n) is 21.5. The molecule has 3 aromatic rings. The van der Waals surface area contributed by atoms with Gasteiger partial charge in [-0.1, -0.05) is 25.5 Å². The van der Waals surface area contributed by atoms with Crippen molar-refractivity contribution in [2.24, 2.45) is 12.5 Å². The number of hydrogen-bond donors (Lipinski definition) is 2. The number of aromatic nitrogens is 2. The number of benzene rings is 2. The number of aryl methyl sites for hydroxylation is 1. The number of halogens is 6. The molecule has 2 aromatic carbocycles. The number of aromatic carboxylic acids is 1. The highest BCUT2D eigenvalue weighted by atomic mass is 19.4. The Labute approximate surface area is 219 Å². The van der Waals surface area contributed by atoms with Gasteiger partial charge in [-0.2, -0.15) is 26.3 Å². The fourth-order valence-electron chi connectivity index (χ4n) is 4.79. The lowest BCUT2D eigenvalue weighted by atomic mass is 9.93. The molecule has 2 N–H and O–H groups in total. The van der Waals surface area contributed by atoms with Crippen molar-refractivity contribution in [2.75, 3.05) is 23.3 Å². The van der Waals surface area contributed by atoms with E-state index in [0.29, 0.717) is 37.2 Å². The third kappa shape index (κ3) is 5.52. The molecule has 0 spiro atoms. The van der Waals surface area contributed by atoms with Crippen LogP contribution in [0.25, 0.3) is 10.9 Å². The van der Waals surface area contributed by atoms with Crippen molar-refractivity contribution in [2.45, 2.75) is 45.6 Å². The van der Waals surface area contributed by atoms with Crippen LogP contribution >= 0.6 is 0 Å². The molecular formula is C26H26F6N4O3. The molecule has 1 saturated heterocycles. The van der Waals surface area contributed by atoms with E-state index in [1.54, 1.807) is 11.8 Å². The summed E-state index contributed by atoms with van der Waals surface area (Å²) in [6, 6.07) is 1.61. The van der Waals surface area contributed by atoms with Crippen LogP contribution in [0.15, 0.2) is 35.1 Å². The van der Waals surface area contributed by atoms with Crippen molar-refractivity contribution in [3.63, 3.8) is 0 Å². The monoisotopic (exact) mass is 556 g/mol. The van der Waals surface area contributed by atoms with Crippen LogP contribution < -0.4 is 15.8 Å². The van der Waals surface area contributed by atoms with Crippen molar-refractivity contribution in [1.29, 1.82) is 0 Å². The number of alkyl halides is 6. The smallest absolute Gasteiger partial charge is 0.416 e. The Balaban J connectivity index is 2.02. The number of nitrogens with one attached hydrogen (secondary N) is 1. The van der Waals surface area contributed by atoms with Crippen molar-refractivity contribution in [1.82, 2.24) is 9.55 Å². The number of fused-ring (bicyclic) bond motifs is 1. The average molecular weight is 557 g/mol. The van der Waals surface area contributed by atoms with Gasteiger partial charge in [-0.3, -0.25) is 9.36 Å². The van der Waals surface area contributed by atoms with Gasteiger partial charge in [-0.15, -0.1) is 0 Å². The normalized spacial score (nSPS) is 16.5. The average Bonchev–Trinajstić information content (AvgIpc) is 3.17. The molecule has 2 heterocycles. The molecule has 210 valence electrons. The fourth-order valence-corrected chi connectivity index (χ4v) is 4.79. The highest BCUT2D eigenvalue weighted by Crippen LogP contribution is 2.42. The van der Waals surface area contributed by atoms with E-state index in [2.05, 4.69) is 10.3 Å². The second kappa shape index (κ2) is 9.45. The Bertz CT molecular complexity index is 1510. The zero-order valence-corrected chi connectivity index (χ0v) is 21.5. The van der Waals surface area contributed by atoms with Gasteiger partial charge in [0.1, 0.15) is 0 Å².